The molecule has 5 heteroatoms. The highest BCUT2D eigenvalue weighted by molar-refractivity contribution is 5.69. The van der Waals surface area contributed by atoms with Crippen molar-refractivity contribution in [2.75, 3.05) is 19.7 Å². The molecule has 1 fully saturated rings. The van der Waals surface area contributed by atoms with E-state index in [1.54, 1.807) is 6.33 Å². The topological polar surface area (TPSA) is 56.2 Å². The summed E-state index contributed by atoms with van der Waals surface area (Å²) >= 11 is 0. The van der Waals surface area contributed by atoms with Crippen molar-refractivity contribution in [3.63, 3.8) is 0 Å². The SMILES string of the molecule is CCOC(=O)Cn1cncc1C1CCNC1. The Hall–Kier alpha value is -1.36. The van der Waals surface area contributed by atoms with Crippen LogP contribution in [0.4, 0.5) is 0 Å². The molecule has 1 aliphatic rings. The average Bonchev–Trinajstić information content (AvgIpc) is 2.86. The van der Waals surface area contributed by atoms with Gasteiger partial charge in [-0.1, -0.05) is 0 Å². The van der Waals surface area contributed by atoms with Crippen LogP contribution < -0.4 is 5.32 Å². The van der Waals surface area contributed by atoms with Crippen molar-refractivity contribution in [3.8, 4) is 0 Å². The molecule has 88 valence electrons. The number of carbonyl (C=O) groups excluding carboxylic acids is 1. The summed E-state index contributed by atoms with van der Waals surface area (Å²) in [6, 6.07) is 0. The van der Waals surface area contributed by atoms with E-state index in [0.29, 0.717) is 12.5 Å². The van der Waals surface area contributed by atoms with Crippen molar-refractivity contribution in [2.24, 2.45) is 0 Å². The molecule has 1 N–H and O–H groups in total. The summed E-state index contributed by atoms with van der Waals surface area (Å²) in [7, 11) is 0. The maximum Gasteiger partial charge on any atom is 0.325 e. The van der Waals surface area contributed by atoms with Gasteiger partial charge in [0.25, 0.3) is 0 Å². The molecule has 1 atom stereocenters. The Balaban J connectivity index is 2.03. The predicted octanol–water partition coefficient (Wildman–Crippen LogP) is 0.523. The van der Waals surface area contributed by atoms with Crippen LogP contribution in [0.3, 0.4) is 0 Å². The molecule has 1 saturated heterocycles. The molecule has 1 unspecified atom stereocenters. The Morgan fingerprint density at radius 3 is 3.31 bits per heavy atom. The van der Waals surface area contributed by atoms with Gasteiger partial charge in [0, 0.05) is 24.4 Å². The van der Waals surface area contributed by atoms with Crippen molar-refractivity contribution in [1.82, 2.24) is 14.9 Å². The average molecular weight is 223 g/mol. The standard InChI is InChI=1S/C11H17N3O2/c1-2-16-11(15)7-14-8-13-6-10(14)9-3-4-12-5-9/h6,8-9,12H,2-5,7H2,1H3. The minimum absolute atomic E-state index is 0.201. The lowest BCUT2D eigenvalue weighted by atomic mass is 10.1. The summed E-state index contributed by atoms with van der Waals surface area (Å²) in [6.45, 7) is 4.50. The van der Waals surface area contributed by atoms with E-state index in [4.69, 9.17) is 4.74 Å². The van der Waals surface area contributed by atoms with Gasteiger partial charge in [-0.15, -0.1) is 0 Å². The summed E-state index contributed by atoms with van der Waals surface area (Å²) in [5.74, 6) is 0.268. The minimum Gasteiger partial charge on any atom is -0.465 e. The Morgan fingerprint density at radius 1 is 1.75 bits per heavy atom. The molecule has 2 heterocycles. The van der Waals surface area contributed by atoms with E-state index in [1.165, 1.54) is 0 Å². The maximum atomic E-state index is 11.4. The molecule has 0 aromatic carbocycles. The first kappa shape index (κ1) is 11.1. The normalized spacial score (nSPS) is 19.9. The first-order valence-electron chi connectivity index (χ1n) is 5.67. The number of carbonyl (C=O) groups is 1. The van der Waals surface area contributed by atoms with Crippen molar-refractivity contribution in [2.45, 2.75) is 25.8 Å². The van der Waals surface area contributed by atoms with Gasteiger partial charge in [-0.3, -0.25) is 4.79 Å². The molecule has 1 aliphatic heterocycles. The van der Waals surface area contributed by atoms with Crippen LogP contribution >= 0.6 is 0 Å². The number of aromatic nitrogens is 2. The van der Waals surface area contributed by atoms with Gasteiger partial charge >= 0.3 is 5.97 Å². The van der Waals surface area contributed by atoms with E-state index >= 15 is 0 Å². The fraction of sp³-hybridized carbons (Fsp3) is 0.636. The number of rotatable bonds is 4. The molecule has 2 rings (SSSR count). The largest absolute Gasteiger partial charge is 0.465 e. The molecule has 0 spiro atoms. The smallest absolute Gasteiger partial charge is 0.325 e. The number of imidazole rings is 1. The third-order valence-corrected chi connectivity index (χ3v) is 2.83. The van der Waals surface area contributed by atoms with E-state index in [1.807, 2.05) is 17.7 Å². The zero-order valence-electron chi connectivity index (χ0n) is 9.48. The molecule has 5 nitrogen and oxygen atoms in total. The fourth-order valence-electron chi connectivity index (χ4n) is 2.06. The van der Waals surface area contributed by atoms with Crippen LogP contribution in [-0.4, -0.2) is 35.2 Å². The van der Waals surface area contributed by atoms with E-state index in [0.717, 1.165) is 25.2 Å². The summed E-state index contributed by atoms with van der Waals surface area (Å²) in [4.78, 5) is 15.5. The molecule has 0 aliphatic carbocycles. The quantitative estimate of drug-likeness (QED) is 0.756. The Morgan fingerprint density at radius 2 is 2.62 bits per heavy atom. The number of ether oxygens (including phenoxy) is 1. The summed E-state index contributed by atoms with van der Waals surface area (Å²) in [5, 5.41) is 3.31. The number of esters is 1. The minimum atomic E-state index is -0.201. The second-order valence-corrected chi connectivity index (χ2v) is 3.94. The van der Waals surface area contributed by atoms with Gasteiger partial charge in [-0.05, 0) is 19.9 Å². The third kappa shape index (κ3) is 2.41. The highest BCUT2D eigenvalue weighted by Gasteiger charge is 2.20. The van der Waals surface area contributed by atoms with Crippen molar-refractivity contribution >= 4 is 5.97 Å². The second kappa shape index (κ2) is 5.12. The zero-order chi connectivity index (χ0) is 11.4. The Bertz CT molecular complexity index is 356. The van der Waals surface area contributed by atoms with Crippen LogP contribution in [0.1, 0.15) is 25.0 Å². The monoisotopic (exact) mass is 223 g/mol. The van der Waals surface area contributed by atoms with Crippen LogP contribution in [0, 0.1) is 0 Å². The van der Waals surface area contributed by atoms with Crippen molar-refractivity contribution in [1.29, 1.82) is 0 Å². The number of hydrogen-bond donors (Lipinski definition) is 1. The molecular formula is C11H17N3O2. The van der Waals surface area contributed by atoms with Crippen LogP contribution in [0.5, 0.6) is 0 Å². The van der Waals surface area contributed by atoms with Gasteiger partial charge in [0.2, 0.25) is 0 Å². The first-order chi connectivity index (χ1) is 7.81. The van der Waals surface area contributed by atoms with Gasteiger partial charge in [0.1, 0.15) is 6.54 Å². The number of nitrogens with zero attached hydrogens (tertiary/aromatic N) is 2. The lowest BCUT2D eigenvalue weighted by Crippen LogP contribution is -2.17. The molecular weight excluding hydrogens is 206 g/mol. The molecule has 16 heavy (non-hydrogen) atoms. The molecule has 0 saturated carbocycles. The Kier molecular flexibility index (Phi) is 3.56. The van der Waals surface area contributed by atoms with Gasteiger partial charge in [-0.25, -0.2) is 4.98 Å². The van der Waals surface area contributed by atoms with Crippen LogP contribution in [0.15, 0.2) is 12.5 Å². The summed E-state index contributed by atoms with van der Waals surface area (Å²) < 4.78 is 6.81. The van der Waals surface area contributed by atoms with E-state index in [9.17, 15) is 4.79 Å². The highest BCUT2D eigenvalue weighted by atomic mass is 16.5. The Labute approximate surface area is 94.8 Å². The summed E-state index contributed by atoms with van der Waals surface area (Å²) in [5.41, 5.74) is 1.12. The zero-order valence-corrected chi connectivity index (χ0v) is 9.48. The molecule has 0 bridgehead atoms. The molecule has 0 radical (unpaired) electrons. The van der Waals surface area contributed by atoms with Crippen LogP contribution in [0.2, 0.25) is 0 Å². The lowest BCUT2D eigenvalue weighted by Gasteiger charge is -2.11. The van der Waals surface area contributed by atoms with Gasteiger partial charge in [-0.2, -0.15) is 0 Å². The lowest BCUT2D eigenvalue weighted by molar-refractivity contribution is -0.143. The van der Waals surface area contributed by atoms with Crippen molar-refractivity contribution < 1.29 is 9.53 Å². The van der Waals surface area contributed by atoms with Crippen LogP contribution in [0.25, 0.3) is 0 Å². The van der Waals surface area contributed by atoms with E-state index in [2.05, 4.69) is 10.3 Å². The first-order valence-corrected chi connectivity index (χ1v) is 5.67. The van der Waals surface area contributed by atoms with Gasteiger partial charge in [0.05, 0.1) is 12.9 Å². The second-order valence-electron chi connectivity index (χ2n) is 3.94. The molecule has 1 aromatic heterocycles. The van der Waals surface area contributed by atoms with E-state index in [-0.39, 0.29) is 12.5 Å². The van der Waals surface area contributed by atoms with Crippen LogP contribution in [-0.2, 0) is 16.1 Å². The maximum absolute atomic E-state index is 11.4. The summed E-state index contributed by atoms with van der Waals surface area (Å²) in [6.07, 6.45) is 4.65. The van der Waals surface area contributed by atoms with E-state index < -0.39 is 0 Å². The third-order valence-electron chi connectivity index (χ3n) is 2.83. The van der Waals surface area contributed by atoms with Gasteiger partial charge in [0.15, 0.2) is 0 Å². The molecule has 1 aromatic rings. The fourth-order valence-corrected chi connectivity index (χ4v) is 2.06. The van der Waals surface area contributed by atoms with Gasteiger partial charge < -0.3 is 14.6 Å². The highest BCUT2D eigenvalue weighted by Crippen LogP contribution is 2.21. The number of nitrogens with one attached hydrogen (secondary N) is 1. The molecule has 0 amide bonds. The number of hydrogen-bond acceptors (Lipinski definition) is 4. The predicted molar refractivity (Wildman–Crippen MR) is 59.1 cm³/mol. The van der Waals surface area contributed by atoms with Crippen molar-refractivity contribution in [3.05, 3.63) is 18.2 Å².